The van der Waals surface area contributed by atoms with Crippen molar-refractivity contribution in [2.75, 3.05) is 0 Å². The number of nitrogens with zero attached hydrogens (tertiary/aromatic N) is 3. The number of benzene rings is 1. The molecule has 0 radical (unpaired) electrons. The summed E-state index contributed by atoms with van der Waals surface area (Å²) < 4.78 is 7.19. The van der Waals surface area contributed by atoms with E-state index < -0.39 is 4.92 Å². The zero-order chi connectivity index (χ0) is 17.3. The van der Waals surface area contributed by atoms with Crippen molar-refractivity contribution < 1.29 is 9.45 Å². The molecular weight excluding hydrogens is 306 g/mol. The number of hydrogen-bond acceptors (Lipinski definition) is 4. The number of aromatic nitrogens is 2. The van der Waals surface area contributed by atoms with E-state index in [-0.39, 0.29) is 17.1 Å². The van der Waals surface area contributed by atoms with Crippen molar-refractivity contribution in [3.05, 3.63) is 74.9 Å². The van der Waals surface area contributed by atoms with E-state index in [1.165, 1.54) is 0 Å². The average molecular weight is 323 g/mol. The largest absolute Gasteiger partial charge is 0.349 e. The maximum absolute atomic E-state index is 11.1. The van der Waals surface area contributed by atoms with Gasteiger partial charge in [0.15, 0.2) is 5.69 Å². The molecule has 2 aromatic heterocycles. The molecule has 122 valence electrons. The minimum absolute atomic E-state index is 0.0943. The summed E-state index contributed by atoms with van der Waals surface area (Å²) in [5, 5.41) is 14.8. The van der Waals surface area contributed by atoms with Crippen LogP contribution in [0.25, 0.3) is 17.8 Å². The van der Waals surface area contributed by atoms with Crippen LogP contribution in [0.4, 0.5) is 5.69 Å². The van der Waals surface area contributed by atoms with Crippen LogP contribution in [0.15, 0.2) is 40.9 Å². The quantitative estimate of drug-likeness (QED) is 0.524. The first kappa shape index (κ1) is 15.7. The van der Waals surface area contributed by atoms with Crippen LogP contribution in [0, 0.1) is 30.9 Å². The molecule has 0 unspecified atom stereocenters. The predicted octanol–water partition coefficient (Wildman–Crippen LogP) is 4.47. The molecule has 0 aliphatic rings. The lowest BCUT2D eigenvalue weighted by Crippen LogP contribution is -1.98. The molecule has 3 aromatic rings. The van der Waals surface area contributed by atoms with Crippen LogP contribution in [-0.2, 0) is 0 Å². The van der Waals surface area contributed by atoms with E-state index in [9.17, 15) is 10.1 Å². The highest BCUT2D eigenvalue weighted by molar-refractivity contribution is 5.73. The predicted molar refractivity (Wildman–Crippen MR) is 92.1 cm³/mol. The van der Waals surface area contributed by atoms with Crippen molar-refractivity contribution in [2.45, 2.75) is 20.8 Å². The Morgan fingerprint density at radius 2 is 1.88 bits per heavy atom. The maximum atomic E-state index is 11.1. The van der Waals surface area contributed by atoms with E-state index >= 15 is 0 Å². The molecule has 0 saturated heterocycles. The van der Waals surface area contributed by atoms with Crippen LogP contribution in [0.1, 0.15) is 28.4 Å². The number of aryl methyl sites for hydroxylation is 2. The van der Waals surface area contributed by atoms with Crippen molar-refractivity contribution in [2.24, 2.45) is 0 Å². The van der Waals surface area contributed by atoms with Gasteiger partial charge in [-0.25, -0.2) is 0 Å². The average Bonchev–Trinajstić information content (AvgIpc) is 3.06. The zero-order valence-corrected chi connectivity index (χ0v) is 13.7. The van der Waals surface area contributed by atoms with Gasteiger partial charge >= 0.3 is 5.69 Å². The minimum atomic E-state index is -0.473. The van der Waals surface area contributed by atoms with Gasteiger partial charge in [0.25, 0.3) is 0 Å². The smallest absolute Gasteiger partial charge is 0.338 e. The first-order valence-electron chi connectivity index (χ1n) is 7.52. The van der Waals surface area contributed by atoms with Gasteiger partial charge in [-0.2, -0.15) is 0 Å². The Morgan fingerprint density at radius 1 is 1.17 bits per heavy atom. The zero-order valence-electron chi connectivity index (χ0n) is 13.7. The first-order chi connectivity index (χ1) is 11.5. The summed E-state index contributed by atoms with van der Waals surface area (Å²) in [4.78, 5) is 10.6. The standard InChI is InChI=1S/C18H17N3O3/c1-12-11-15(14(3)20(12)16-7-5-4-6-8-16)9-10-17-18(21(22)23)13(2)19-24-17/h4-11H,1-3H3. The summed E-state index contributed by atoms with van der Waals surface area (Å²) in [6.07, 6.45) is 3.41. The summed E-state index contributed by atoms with van der Waals surface area (Å²) >= 11 is 0. The molecule has 0 bridgehead atoms. The molecule has 24 heavy (non-hydrogen) atoms. The van der Waals surface area contributed by atoms with Gasteiger partial charge in [0.1, 0.15) is 0 Å². The Balaban J connectivity index is 1.99. The number of rotatable bonds is 4. The molecule has 6 nitrogen and oxygen atoms in total. The highest BCUT2D eigenvalue weighted by atomic mass is 16.6. The van der Waals surface area contributed by atoms with Gasteiger partial charge in [0.05, 0.1) is 4.92 Å². The third kappa shape index (κ3) is 2.74. The third-order valence-electron chi connectivity index (χ3n) is 3.94. The first-order valence-corrected chi connectivity index (χ1v) is 7.52. The van der Waals surface area contributed by atoms with E-state index in [2.05, 4.69) is 9.72 Å². The highest BCUT2D eigenvalue weighted by Crippen LogP contribution is 2.26. The monoisotopic (exact) mass is 323 g/mol. The van der Waals surface area contributed by atoms with Crippen LogP contribution in [0.2, 0.25) is 0 Å². The Hall–Kier alpha value is -3.15. The molecule has 6 heteroatoms. The summed E-state index contributed by atoms with van der Waals surface area (Å²) in [6.45, 7) is 5.60. The van der Waals surface area contributed by atoms with Gasteiger partial charge in [-0.05, 0) is 56.7 Å². The molecule has 0 aliphatic carbocycles. The molecule has 0 N–H and O–H groups in total. The summed E-state index contributed by atoms with van der Waals surface area (Å²) in [7, 11) is 0. The van der Waals surface area contributed by atoms with Crippen LogP contribution in [0.5, 0.6) is 0 Å². The van der Waals surface area contributed by atoms with Crippen molar-refractivity contribution in [1.29, 1.82) is 0 Å². The molecule has 1 aromatic carbocycles. The van der Waals surface area contributed by atoms with Crippen LogP contribution < -0.4 is 0 Å². The second-order valence-electron chi connectivity index (χ2n) is 5.57. The summed E-state index contributed by atoms with van der Waals surface area (Å²) in [6, 6.07) is 12.1. The molecule has 0 aliphatic heterocycles. The maximum Gasteiger partial charge on any atom is 0.338 e. The molecular formula is C18H17N3O3. The lowest BCUT2D eigenvalue weighted by Gasteiger charge is -2.09. The van der Waals surface area contributed by atoms with Crippen molar-refractivity contribution >= 4 is 17.8 Å². The normalized spacial score (nSPS) is 11.3. The van der Waals surface area contributed by atoms with Gasteiger partial charge in [0.2, 0.25) is 5.76 Å². The fraction of sp³-hybridized carbons (Fsp3) is 0.167. The molecule has 0 amide bonds. The minimum Gasteiger partial charge on any atom is -0.349 e. The van der Waals surface area contributed by atoms with Crippen molar-refractivity contribution in [1.82, 2.24) is 9.72 Å². The number of para-hydroxylation sites is 1. The van der Waals surface area contributed by atoms with Gasteiger partial charge in [-0.1, -0.05) is 23.4 Å². The second-order valence-corrected chi connectivity index (χ2v) is 5.57. The van der Waals surface area contributed by atoms with Crippen LogP contribution in [-0.4, -0.2) is 14.6 Å². The van der Waals surface area contributed by atoms with E-state index in [0.29, 0.717) is 0 Å². The Bertz CT molecular complexity index is 921. The molecule has 0 fully saturated rings. The Morgan fingerprint density at radius 3 is 2.54 bits per heavy atom. The number of nitro groups is 1. The van der Waals surface area contributed by atoms with Gasteiger partial charge in [0, 0.05) is 17.1 Å². The molecule has 0 saturated carbocycles. The molecule has 0 spiro atoms. The highest BCUT2D eigenvalue weighted by Gasteiger charge is 2.22. The second kappa shape index (κ2) is 6.16. The lowest BCUT2D eigenvalue weighted by atomic mass is 10.2. The van der Waals surface area contributed by atoms with Gasteiger partial charge < -0.3 is 9.09 Å². The van der Waals surface area contributed by atoms with E-state index in [0.717, 1.165) is 22.6 Å². The fourth-order valence-corrected chi connectivity index (χ4v) is 2.81. The van der Waals surface area contributed by atoms with Gasteiger partial charge in [-0.3, -0.25) is 10.1 Å². The lowest BCUT2D eigenvalue weighted by molar-refractivity contribution is -0.386. The Labute approximate surface area is 139 Å². The van der Waals surface area contributed by atoms with Crippen molar-refractivity contribution in [3.8, 4) is 5.69 Å². The molecule has 0 atom stereocenters. The van der Waals surface area contributed by atoms with E-state index in [4.69, 9.17) is 4.52 Å². The molecule has 3 rings (SSSR count). The Kier molecular flexibility index (Phi) is 4.04. The van der Waals surface area contributed by atoms with Crippen LogP contribution >= 0.6 is 0 Å². The topological polar surface area (TPSA) is 74.1 Å². The van der Waals surface area contributed by atoms with E-state index in [1.54, 1.807) is 13.0 Å². The van der Waals surface area contributed by atoms with Crippen molar-refractivity contribution in [3.63, 3.8) is 0 Å². The fourth-order valence-electron chi connectivity index (χ4n) is 2.81. The molecule has 2 heterocycles. The summed E-state index contributed by atoms with van der Waals surface area (Å²) in [5.74, 6) is 0.155. The van der Waals surface area contributed by atoms with Gasteiger partial charge in [-0.15, -0.1) is 0 Å². The van der Waals surface area contributed by atoms with Crippen LogP contribution in [0.3, 0.4) is 0 Å². The summed E-state index contributed by atoms with van der Waals surface area (Å²) in [5.41, 5.74) is 4.36. The third-order valence-corrected chi connectivity index (χ3v) is 3.94. The van der Waals surface area contributed by atoms with E-state index in [1.807, 2.05) is 56.3 Å². The number of hydrogen-bond donors (Lipinski definition) is 0. The SMILES string of the molecule is Cc1noc(C=Cc2cc(C)n(-c3ccccc3)c2C)c1[N+](=O)[O-].